The maximum atomic E-state index is 13.7. The summed E-state index contributed by atoms with van der Waals surface area (Å²) in [6, 6.07) is 16.5. The van der Waals surface area contributed by atoms with E-state index in [1.165, 1.54) is 52.0 Å². The fourth-order valence-electron chi connectivity index (χ4n) is 12.1. The highest BCUT2D eigenvalue weighted by Crippen LogP contribution is 2.52. The lowest BCUT2D eigenvalue weighted by molar-refractivity contribution is -0.152. The monoisotopic (exact) mass is 1270 g/mol. The molecular weight excluding hydrogens is 1180 g/mol. The Bertz CT molecular complexity index is 3350. The van der Waals surface area contributed by atoms with Crippen molar-refractivity contribution in [3.63, 3.8) is 0 Å². The SMILES string of the molecule is C.CC(C)(O)C(Cl)(Cl)Cl.CC(C)[Si](Oc1c2c(c(O)c3cc(Cc4ccc(F)cc4)cnc13)CN(C)C2=O)(C(C)C)C(C)C.CC(C)[Si](Oc1c2c(c(OC(C)(C)C(=O)O)c3cc(Cc4ccc(F)cc4)cnc13)CN(C)C2=O)(C(C)C)C(C)C. The van der Waals surface area contributed by atoms with Gasteiger partial charge in [0.25, 0.3) is 28.4 Å². The number of aromatic hydroxyl groups is 1. The minimum absolute atomic E-state index is 0. The summed E-state index contributed by atoms with van der Waals surface area (Å²) in [6.45, 7) is 32.8. The molecule has 8 rings (SSSR count). The molecule has 0 saturated carbocycles. The zero-order valence-electron chi connectivity index (χ0n) is 51.7. The van der Waals surface area contributed by atoms with Gasteiger partial charge in [0.15, 0.2) is 5.60 Å². The Morgan fingerprint density at radius 1 is 0.600 bits per heavy atom. The van der Waals surface area contributed by atoms with Crippen LogP contribution < -0.4 is 13.6 Å². The summed E-state index contributed by atoms with van der Waals surface area (Å²) in [7, 11) is -1.47. The Morgan fingerprint density at radius 2 is 0.929 bits per heavy atom. The van der Waals surface area contributed by atoms with Crippen molar-refractivity contribution in [1.29, 1.82) is 0 Å². The van der Waals surface area contributed by atoms with Crippen molar-refractivity contribution in [3.05, 3.63) is 129 Å². The summed E-state index contributed by atoms with van der Waals surface area (Å²) in [6.07, 6.45) is 4.54. The van der Waals surface area contributed by atoms with Gasteiger partial charge in [-0.15, -0.1) is 0 Å². The number of pyridine rings is 2. The molecule has 2 amide bonds. The minimum atomic E-state index is -2.52. The molecule has 3 N–H and O–H groups in total. The summed E-state index contributed by atoms with van der Waals surface area (Å²) in [4.78, 5) is 51.9. The van der Waals surface area contributed by atoms with Crippen LogP contribution in [0.5, 0.6) is 23.0 Å². The summed E-state index contributed by atoms with van der Waals surface area (Å²) < 4.78 is 45.8. The van der Waals surface area contributed by atoms with Crippen LogP contribution in [-0.2, 0) is 30.7 Å². The number of aliphatic hydroxyl groups is 1. The minimum Gasteiger partial charge on any atom is -0.541 e. The molecule has 0 atom stereocenters. The molecule has 6 aromatic rings. The van der Waals surface area contributed by atoms with Gasteiger partial charge in [-0.05, 0) is 132 Å². The number of alkyl halides is 3. The molecule has 0 bridgehead atoms. The number of halogens is 5. The highest BCUT2D eigenvalue weighted by Gasteiger charge is 2.51. The predicted molar refractivity (Wildman–Crippen MR) is 344 cm³/mol. The van der Waals surface area contributed by atoms with E-state index in [1.54, 1.807) is 60.6 Å². The molecule has 0 spiro atoms. The van der Waals surface area contributed by atoms with Crippen molar-refractivity contribution in [1.82, 2.24) is 19.8 Å². The number of benzene rings is 4. The van der Waals surface area contributed by atoms with Gasteiger partial charge >= 0.3 is 5.97 Å². The Morgan fingerprint density at radius 3 is 1.27 bits per heavy atom. The molecule has 20 heteroatoms. The van der Waals surface area contributed by atoms with Crippen LogP contribution in [0.4, 0.5) is 8.78 Å². The van der Waals surface area contributed by atoms with E-state index in [2.05, 4.69) is 83.1 Å². The first kappa shape index (κ1) is 70.2. The number of hydrogen-bond acceptors (Lipinski definition) is 10. The van der Waals surface area contributed by atoms with Crippen molar-refractivity contribution >= 4 is 91.0 Å². The first-order valence-electron chi connectivity index (χ1n) is 28.5. The second-order valence-corrected chi connectivity index (χ2v) is 38.3. The van der Waals surface area contributed by atoms with E-state index in [-0.39, 0.29) is 59.8 Å². The molecule has 13 nitrogen and oxygen atoms in total. The van der Waals surface area contributed by atoms with Crippen LogP contribution >= 0.6 is 34.8 Å². The lowest BCUT2D eigenvalue weighted by Gasteiger charge is -2.42. The van der Waals surface area contributed by atoms with Gasteiger partial charge in [-0.3, -0.25) is 19.6 Å². The quantitative estimate of drug-likeness (QED) is 0.0586. The van der Waals surface area contributed by atoms with E-state index in [9.17, 15) is 33.4 Å². The van der Waals surface area contributed by atoms with Crippen LogP contribution in [0.15, 0.2) is 73.1 Å². The van der Waals surface area contributed by atoms with E-state index in [0.717, 1.165) is 22.3 Å². The third-order valence-electron chi connectivity index (χ3n) is 16.5. The molecule has 0 aliphatic carbocycles. The Balaban J connectivity index is 0.000000275. The number of aliphatic carboxylic acids is 1. The van der Waals surface area contributed by atoms with Gasteiger partial charge in [0.05, 0.1) is 24.2 Å². The summed E-state index contributed by atoms with van der Waals surface area (Å²) in [5, 5.41) is 31.3. The van der Waals surface area contributed by atoms with E-state index in [0.29, 0.717) is 97.3 Å². The smallest absolute Gasteiger partial charge is 0.347 e. The number of hydrogen-bond donors (Lipinski definition) is 3. The number of aromatic nitrogens is 2. The highest BCUT2D eigenvalue weighted by molar-refractivity contribution is 6.79. The first-order chi connectivity index (χ1) is 38.8. The number of carbonyl (C=O) groups excluding carboxylic acids is 2. The number of ether oxygens (including phenoxy) is 1. The second-order valence-electron chi connectivity index (χ2n) is 25.3. The molecule has 0 radical (unpaired) electrons. The largest absolute Gasteiger partial charge is 0.541 e. The van der Waals surface area contributed by atoms with Crippen LogP contribution in [0.3, 0.4) is 0 Å². The van der Waals surface area contributed by atoms with Crippen molar-refractivity contribution < 1.29 is 52.1 Å². The molecule has 85 heavy (non-hydrogen) atoms. The molecule has 0 fully saturated rings. The summed E-state index contributed by atoms with van der Waals surface area (Å²) >= 11 is 15.9. The van der Waals surface area contributed by atoms with Crippen molar-refractivity contribution in [2.75, 3.05) is 14.1 Å². The number of carboxylic acids is 1. The van der Waals surface area contributed by atoms with Crippen molar-refractivity contribution in [2.24, 2.45) is 0 Å². The van der Waals surface area contributed by atoms with E-state index >= 15 is 0 Å². The highest BCUT2D eigenvalue weighted by atomic mass is 35.6. The van der Waals surface area contributed by atoms with Gasteiger partial charge in [0.2, 0.25) is 3.79 Å². The van der Waals surface area contributed by atoms with Crippen LogP contribution in [0.1, 0.15) is 172 Å². The normalized spacial score (nSPS) is 13.9. The van der Waals surface area contributed by atoms with Crippen molar-refractivity contribution in [3.8, 4) is 23.0 Å². The number of rotatable bonds is 17. The van der Waals surface area contributed by atoms with Crippen molar-refractivity contribution in [2.45, 2.75) is 192 Å². The third-order valence-corrected chi connectivity index (χ3v) is 29.9. The lowest BCUT2D eigenvalue weighted by atomic mass is 9.99. The number of carbonyl (C=O) groups is 3. The Hall–Kier alpha value is -5.57. The van der Waals surface area contributed by atoms with Gasteiger partial charge in [0, 0.05) is 48.4 Å². The lowest BCUT2D eigenvalue weighted by Crippen LogP contribution is -2.51. The van der Waals surface area contributed by atoms with Crippen LogP contribution in [-0.4, -0.2) is 98.6 Å². The van der Waals surface area contributed by atoms with E-state index in [1.807, 2.05) is 12.1 Å². The van der Waals surface area contributed by atoms with E-state index < -0.39 is 37.6 Å². The fraction of sp³-hybridized carbons (Fsp3) is 0.492. The standard InChI is InChI=1S/C32H41FN2O5Si.C28H35FN2O3Si.C4H7Cl3O.CH4/c1-18(2)41(19(3)4,20(5)6)40-29-26-25(17-35(9)30(26)36)28(39-32(7,8)31(37)38)24-15-22(16-34-27(24)29)14-21-10-12-23(33)13-11-21;1-16(2)35(17(3)4,18(5)6)34-27-24-23(15-31(7)28(24)33)26(32)22-13-20(14-30-25(22)27)12-19-8-10-21(29)11-9-19;1-3(2,8)4(5,6)7;/h10-13,15-16,18-20H,14,17H2,1-9H3,(H,37,38);8-11,13-14,16-18,32H,12,15H2,1-7H3;8H,1-2H3;1H4. The Labute approximate surface area is 518 Å². The maximum absolute atomic E-state index is 13.7. The number of amides is 2. The molecule has 464 valence electrons. The second kappa shape index (κ2) is 26.8. The average Bonchev–Trinajstić information content (AvgIpc) is 1.75. The predicted octanol–water partition coefficient (Wildman–Crippen LogP) is 16.9. The van der Waals surface area contributed by atoms with Crippen LogP contribution in [0, 0.1) is 11.6 Å². The number of phenolic OH excluding ortho intramolecular Hbond substituents is 1. The van der Waals surface area contributed by atoms with E-state index in [4.69, 9.17) is 63.5 Å². The van der Waals surface area contributed by atoms with Gasteiger partial charge in [-0.25, -0.2) is 13.6 Å². The molecule has 2 aliphatic rings. The maximum Gasteiger partial charge on any atom is 0.347 e. The Kier molecular flexibility index (Phi) is 22.1. The molecule has 4 aromatic carbocycles. The van der Waals surface area contributed by atoms with Gasteiger partial charge < -0.3 is 38.7 Å². The molecular formula is C65H87Cl3F2N4O9Si2. The van der Waals surface area contributed by atoms with Crippen LogP contribution in [0.2, 0.25) is 33.2 Å². The number of carboxylic acid groups (broad SMARTS) is 1. The summed E-state index contributed by atoms with van der Waals surface area (Å²) in [5.41, 5.74) is 5.49. The average molecular weight is 1270 g/mol. The third kappa shape index (κ3) is 14.4. The molecule has 4 heterocycles. The zero-order chi connectivity index (χ0) is 63.1. The topological polar surface area (TPSA) is 172 Å². The fourth-order valence-corrected chi connectivity index (χ4v) is 22.6. The number of nitrogens with zero attached hydrogens (tertiary/aromatic N) is 4. The molecule has 0 unspecified atom stereocenters. The van der Waals surface area contributed by atoms with Gasteiger partial charge in [-0.2, -0.15) is 0 Å². The molecule has 2 aromatic heterocycles. The van der Waals surface area contributed by atoms with Gasteiger partial charge in [0.1, 0.15) is 51.3 Å². The number of fused-ring (bicyclic) bond motifs is 4. The zero-order valence-corrected chi connectivity index (χ0v) is 56.0. The first-order valence-corrected chi connectivity index (χ1v) is 34.0. The molecule has 0 saturated heterocycles. The van der Waals surface area contributed by atoms with Crippen LogP contribution in [0.25, 0.3) is 21.8 Å². The molecule has 2 aliphatic heterocycles. The van der Waals surface area contributed by atoms with Gasteiger partial charge in [-0.1, -0.05) is 150 Å². The summed E-state index contributed by atoms with van der Waals surface area (Å²) in [5.74, 6) is -0.683. The number of phenols is 1.